The molecule has 0 aliphatic heterocycles. The minimum atomic E-state index is -0.554. The highest BCUT2D eigenvalue weighted by molar-refractivity contribution is 6.31. The summed E-state index contributed by atoms with van der Waals surface area (Å²) in [5.74, 6) is -0.303. The molecule has 0 saturated carbocycles. The quantitative estimate of drug-likeness (QED) is 0.528. The lowest BCUT2D eigenvalue weighted by atomic mass is 10.2. The van der Waals surface area contributed by atoms with E-state index in [1.54, 1.807) is 65.6 Å². The number of rotatable bonds is 5. The normalized spacial score (nSPS) is 10.9. The smallest absolute Gasteiger partial charge is 0.324 e. The predicted molar refractivity (Wildman–Crippen MR) is 111 cm³/mol. The van der Waals surface area contributed by atoms with Gasteiger partial charge in [-0.3, -0.25) is 19.1 Å². The number of halogens is 1. The van der Waals surface area contributed by atoms with Gasteiger partial charge in [-0.2, -0.15) is 5.10 Å². The second-order valence-electron chi connectivity index (χ2n) is 6.34. The van der Waals surface area contributed by atoms with Gasteiger partial charge in [0.2, 0.25) is 5.91 Å². The van der Waals surface area contributed by atoms with Gasteiger partial charge in [-0.15, -0.1) is 0 Å². The van der Waals surface area contributed by atoms with Crippen LogP contribution in [0.5, 0.6) is 0 Å². The molecule has 0 radical (unpaired) electrons. The summed E-state index contributed by atoms with van der Waals surface area (Å²) in [6.45, 7) is 0.111. The van der Waals surface area contributed by atoms with E-state index in [1.807, 2.05) is 0 Å². The zero-order valence-electron chi connectivity index (χ0n) is 15.1. The Morgan fingerprint density at radius 1 is 1.14 bits per heavy atom. The molecule has 2 aromatic heterocycles. The number of nitrogens with zero attached hydrogens (tertiary/aromatic N) is 3. The van der Waals surface area contributed by atoms with Crippen molar-refractivity contribution >= 4 is 34.1 Å². The van der Waals surface area contributed by atoms with E-state index in [-0.39, 0.29) is 18.9 Å². The molecule has 0 spiro atoms. The fourth-order valence-electron chi connectivity index (χ4n) is 3.11. The topological polar surface area (TPSA) is 102 Å². The molecule has 0 aliphatic carbocycles. The first-order valence-electron chi connectivity index (χ1n) is 8.84. The van der Waals surface area contributed by atoms with Crippen LogP contribution in [-0.2, 0) is 11.3 Å². The molecule has 2 N–H and O–H groups in total. The van der Waals surface area contributed by atoms with E-state index in [0.717, 1.165) is 0 Å². The first kappa shape index (κ1) is 18.7. The molecule has 4 rings (SSSR count). The van der Waals surface area contributed by atoms with Gasteiger partial charge in [0.1, 0.15) is 0 Å². The number of aryl methyl sites for hydroxylation is 1. The van der Waals surface area contributed by atoms with Crippen LogP contribution in [0.4, 0.5) is 5.69 Å². The van der Waals surface area contributed by atoms with Gasteiger partial charge in [-0.25, -0.2) is 9.48 Å². The van der Waals surface area contributed by atoms with Crippen LogP contribution in [0.15, 0.2) is 70.5 Å². The number of benzene rings is 2. The lowest BCUT2D eigenvalue weighted by Gasteiger charge is -2.13. The number of para-hydroxylation sites is 1. The Labute approximate surface area is 169 Å². The summed E-state index contributed by atoms with van der Waals surface area (Å²) < 4.78 is 2.99. The molecule has 2 heterocycles. The summed E-state index contributed by atoms with van der Waals surface area (Å²) in [6, 6.07) is 13.6. The van der Waals surface area contributed by atoms with E-state index in [2.05, 4.69) is 15.4 Å². The molecule has 0 bridgehead atoms. The Morgan fingerprint density at radius 2 is 1.97 bits per heavy atom. The van der Waals surface area contributed by atoms with Crippen LogP contribution in [0.1, 0.15) is 6.42 Å². The van der Waals surface area contributed by atoms with E-state index in [9.17, 15) is 14.4 Å². The fourth-order valence-corrected chi connectivity index (χ4v) is 3.28. The Bertz CT molecular complexity index is 1310. The van der Waals surface area contributed by atoms with Crippen LogP contribution >= 0.6 is 11.6 Å². The van der Waals surface area contributed by atoms with Crippen LogP contribution in [0.3, 0.4) is 0 Å². The highest BCUT2D eigenvalue weighted by atomic mass is 35.5. The monoisotopic (exact) mass is 409 g/mol. The van der Waals surface area contributed by atoms with Gasteiger partial charge in [0.05, 0.1) is 22.3 Å². The van der Waals surface area contributed by atoms with Gasteiger partial charge in [0.25, 0.3) is 5.56 Å². The molecule has 2 aromatic carbocycles. The Kier molecular flexibility index (Phi) is 5.01. The summed E-state index contributed by atoms with van der Waals surface area (Å²) in [5.41, 5.74) is 0.647. The van der Waals surface area contributed by atoms with Gasteiger partial charge < -0.3 is 5.32 Å². The van der Waals surface area contributed by atoms with Crippen molar-refractivity contribution in [3.8, 4) is 5.69 Å². The summed E-state index contributed by atoms with van der Waals surface area (Å²) >= 11 is 6.08. The third-order valence-electron chi connectivity index (χ3n) is 4.45. The SMILES string of the molecule is O=C(CCn1c(=O)[nH]c(=O)c2ccccc21)Nc1cc(Cl)ccc1-n1cccn1. The largest absolute Gasteiger partial charge is 0.328 e. The van der Waals surface area contributed by atoms with Crippen molar-refractivity contribution in [1.29, 1.82) is 0 Å². The van der Waals surface area contributed by atoms with Gasteiger partial charge in [0.15, 0.2) is 0 Å². The Hall–Kier alpha value is -3.65. The fraction of sp³-hybridized carbons (Fsp3) is 0.100. The maximum absolute atomic E-state index is 12.6. The van der Waals surface area contributed by atoms with Gasteiger partial charge in [0, 0.05) is 30.4 Å². The number of hydrogen-bond donors (Lipinski definition) is 2. The van der Waals surface area contributed by atoms with E-state index >= 15 is 0 Å². The number of anilines is 1. The Morgan fingerprint density at radius 3 is 2.76 bits per heavy atom. The van der Waals surface area contributed by atoms with Crippen LogP contribution in [0.25, 0.3) is 16.6 Å². The van der Waals surface area contributed by atoms with Crippen molar-refractivity contribution in [1.82, 2.24) is 19.3 Å². The first-order valence-corrected chi connectivity index (χ1v) is 9.22. The summed E-state index contributed by atoms with van der Waals surface area (Å²) in [6.07, 6.45) is 3.42. The maximum atomic E-state index is 12.6. The van der Waals surface area contributed by atoms with Crippen molar-refractivity contribution in [2.24, 2.45) is 0 Å². The average Bonchev–Trinajstić information content (AvgIpc) is 3.22. The maximum Gasteiger partial charge on any atom is 0.328 e. The number of aromatic nitrogens is 4. The zero-order valence-corrected chi connectivity index (χ0v) is 15.9. The summed E-state index contributed by atoms with van der Waals surface area (Å²) in [7, 11) is 0. The molecule has 146 valence electrons. The summed E-state index contributed by atoms with van der Waals surface area (Å²) in [5, 5.41) is 7.86. The molecule has 0 atom stereocenters. The number of H-pyrrole nitrogens is 1. The van der Waals surface area contributed by atoms with E-state index < -0.39 is 11.2 Å². The number of aromatic amines is 1. The van der Waals surface area contributed by atoms with Crippen molar-refractivity contribution in [3.63, 3.8) is 0 Å². The van der Waals surface area contributed by atoms with Gasteiger partial charge in [-0.05, 0) is 36.4 Å². The van der Waals surface area contributed by atoms with Crippen LogP contribution in [-0.4, -0.2) is 25.2 Å². The van der Waals surface area contributed by atoms with Crippen molar-refractivity contribution < 1.29 is 4.79 Å². The van der Waals surface area contributed by atoms with Crippen LogP contribution in [0, 0.1) is 0 Å². The average molecular weight is 410 g/mol. The molecule has 0 fully saturated rings. The number of carbonyl (C=O) groups excluding carboxylic acids is 1. The Balaban J connectivity index is 1.57. The third-order valence-corrected chi connectivity index (χ3v) is 4.69. The number of nitrogens with one attached hydrogen (secondary N) is 2. The van der Waals surface area contributed by atoms with Crippen molar-refractivity contribution in [2.45, 2.75) is 13.0 Å². The summed E-state index contributed by atoms with van der Waals surface area (Å²) in [4.78, 5) is 39.0. The number of carbonyl (C=O) groups is 1. The van der Waals surface area contributed by atoms with Crippen molar-refractivity contribution in [2.75, 3.05) is 5.32 Å². The second kappa shape index (κ2) is 7.76. The molecule has 29 heavy (non-hydrogen) atoms. The van der Waals surface area contributed by atoms with Crippen LogP contribution in [0.2, 0.25) is 5.02 Å². The number of fused-ring (bicyclic) bond motifs is 1. The lowest BCUT2D eigenvalue weighted by Crippen LogP contribution is -2.31. The van der Waals surface area contributed by atoms with Gasteiger partial charge >= 0.3 is 5.69 Å². The van der Waals surface area contributed by atoms with E-state index in [1.165, 1.54) is 4.57 Å². The second-order valence-corrected chi connectivity index (χ2v) is 6.77. The van der Waals surface area contributed by atoms with E-state index in [0.29, 0.717) is 27.3 Å². The number of hydrogen-bond acceptors (Lipinski definition) is 4. The molecular formula is C20H16ClN5O3. The minimum absolute atomic E-state index is 0.0288. The van der Waals surface area contributed by atoms with Gasteiger partial charge in [-0.1, -0.05) is 23.7 Å². The molecule has 8 nitrogen and oxygen atoms in total. The first-order chi connectivity index (χ1) is 14.0. The molecular weight excluding hydrogens is 394 g/mol. The standard InChI is InChI=1S/C20H16ClN5O3/c21-13-6-7-17(26-10-3-9-22-26)15(12-13)23-18(27)8-11-25-16-5-2-1-4-14(16)19(28)24-20(25)29/h1-7,9-10,12H,8,11H2,(H,23,27)(H,24,28,29). The molecule has 1 amide bonds. The molecule has 0 aliphatic rings. The highest BCUT2D eigenvalue weighted by Crippen LogP contribution is 2.24. The molecule has 0 saturated heterocycles. The van der Waals surface area contributed by atoms with Crippen molar-refractivity contribution in [3.05, 3.63) is 86.8 Å². The number of amides is 1. The lowest BCUT2D eigenvalue weighted by molar-refractivity contribution is -0.116. The molecule has 0 unspecified atom stereocenters. The predicted octanol–water partition coefficient (Wildman–Crippen LogP) is 2.56. The van der Waals surface area contributed by atoms with E-state index in [4.69, 9.17) is 11.6 Å². The molecule has 4 aromatic rings. The van der Waals surface area contributed by atoms with Crippen LogP contribution < -0.4 is 16.6 Å². The molecule has 9 heteroatoms. The zero-order chi connectivity index (χ0) is 20.4. The highest BCUT2D eigenvalue weighted by Gasteiger charge is 2.12. The minimum Gasteiger partial charge on any atom is -0.324 e. The third kappa shape index (κ3) is 3.83.